The van der Waals surface area contributed by atoms with Gasteiger partial charge in [0.25, 0.3) is 0 Å². The maximum atomic E-state index is 4.71. The van der Waals surface area contributed by atoms with E-state index in [4.69, 9.17) is 4.52 Å². The van der Waals surface area contributed by atoms with Crippen molar-refractivity contribution in [2.24, 2.45) is 0 Å². The molecule has 4 aromatic rings. The van der Waals surface area contributed by atoms with Gasteiger partial charge in [0.2, 0.25) is 0 Å². The van der Waals surface area contributed by atoms with Gasteiger partial charge in [0.15, 0.2) is 0 Å². The minimum Gasteiger partial charge on any atom is -0.361 e. The molecule has 0 aliphatic heterocycles. The third-order valence-electron chi connectivity index (χ3n) is 3.09. The van der Waals surface area contributed by atoms with E-state index < -0.39 is 0 Å². The van der Waals surface area contributed by atoms with Gasteiger partial charge in [0, 0.05) is 49.4 Å². The second-order valence-corrected chi connectivity index (χ2v) is 5.98. The smallest absolute Gasteiger partial charge is 0.133 e. The quantitative estimate of drug-likeness (QED) is 0.436. The number of aromatic nitrogens is 5. The predicted molar refractivity (Wildman–Crippen MR) is 111 cm³/mol. The van der Waals surface area contributed by atoms with E-state index in [0.717, 1.165) is 17.1 Å². The van der Waals surface area contributed by atoms with Crippen molar-refractivity contribution < 1.29 is 4.52 Å². The lowest BCUT2D eigenvalue weighted by atomic mass is 10.3. The van der Waals surface area contributed by atoms with Gasteiger partial charge in [-0.05, 0) is 63.9 Å². The summed E-state index contributed by atoms with van der Waals surface area (Å²) in [7, 11) is 0. The fraction of sp³-hybridized carbons (Fsp3) is 0.227. The SMILES string of the molecule is Cc1cc(C)on1.Cc1cccnc1.Cc1ccncc1.Cc1cnccn1. The van der Waals surface area contributed by atoms with Crippen molar-refractivity contribution in [1.29, 1.82) is 0 Å². The maximum Gasteiger partial charge on any atom is 0.133 e. The number of hydrogen-bond donors (Lipinski definition) is 0. The maximum absolute atomic E-state index is 4.71. The summed E-state index contributed by atoms with van der Waals surface area (Å²) in [6, 6.07) is 9.78. The Hall–Kier alpha value is -3.41. The number of hydrogen-bond acceptors (Lipinski definition) is 6. The highest BCUT2D eigenvalue weighted by Gasteiger charge is 1.88. The van der Waals surface area contributed by atoms with Crippen molar-refractivity contribution >= 4 is 0 Å². The topological polar surface area (TPSA) is 77.6 Å². The van der Waals surface area contributed by atoms with E-state index >= 15 is 0 Å². The minimum atomic E-state index is 0.873. The highest BCUT2D eigenvalue weighted by Crippen LogP contribution is 1.97. The van der Waals surface area contributed by atoms with E-state index in [1.165, 1.54) is 11.1 Å². The van der Waals surface area contributed by atoms with Crippen LogP contribution in [-0.4, -0.2) is 25.1 Å². The van der Waals surface area contributed by atoms with Crippen LogP contribution in [0, 0.1) is 34.6 Å². The average molecular weight is 377 g/mol. The number of pyridine rings is 2. The van der Waals surface area contributed by atoms with Crippen LogP contribution in [0.1, 0.15) is 28.3 Å². The molecule has 4 rings (SSSR count). The standard InChI is InChI=1S/2C6H7N.C5H6N2.C5H7NO/c1-6-2-4-7-5-3-6;1-6-3-2-4-7-5-6;1-5-4-6-2-3-7-5;1-4-3-5(2)7-6-4/h2*2-5H,1H3;2-4H,1H3;3H,1-2H3. The molecular formula is C22H27N5O. The molecule has 0 amide bonds. The first-order chi connectivity index (χ1) is 13.5. The second-order valence-electron chi connectivity index (χ2n) is 5.98. The lowest BCUT2D eigenvalue weighted by Crippen LogP contribution is -1.77. The van der Waals surface area contributed by atoms with Crippen LogP contribution < -0.4 is 0 Å². The van der Waals surface area contributed by atoms with Crippen molar-refractivity contribution in [3.05, 3.63) is 102 Å². The van der Waals surface area contributed by atoms with E-state index in [9.17, 15) is 0 Å². The van der Waals surface area contributed by atoms with E-state index in [2.05, 4.69) is 25.1 Å². The van der Waals surface area contributed by atoms with Gasteiger partial charge >= 0.3 is 0 Å². The van der Waals surface area contributed by atoms with Gasteiger partial charge in [0.1, 0.15) is 5.76 Å². The molecule has 0 aliphatic rings. The van der Waals surface area contributed by atoms with Crippen LogP contribution in [-0.2, 0) is 0 Å². The van der Waals surface area contributed by atoms with Crippen LogP contribution in [0.5, 0.6) is 0 Å². The third-order valence-corrected chi connectivity index (χ3v) is 3.09. The van der Waals surface area contributed by atoms with Crippen molar-refractivity contribution in [1.82, 2.24) is 25.1 Å². The van der Waals surface area contributed by atoms with E-state index in [1.807, 2.05) is 71.1 Å². The third kappa shape index (κ3) is 12.0. The monoisotopic (exact) mass is 377 g/mol. The fourth-order valence-electron chi connectivity index (χ4n) is 1.74. The van der Waals surface area contributed by atoms with Gasteiger partial charge in [-0.15, -0.1) is 0 Å². The first-order valence-corrected chi connectivity index (χ1v) is 8.83. The second kappa shape index (κ2) is 13.7. The highest BCUT2D eigenvalue weighted by atomic mass is 16.5. The minimum absolute atomic E-state index is 0.873. The lowest BCUT2D eigenvalue weighted by molar-refractivity contribution is 0.393. The molecule has 0 fully saturated rings. The van der Waals surface area contributed by atoms with Crippen LogP contribution in [0.15, 0.2) is 78.2 Å². The van der Waals surface area contributed by atoms with Crippen molar-refractivity contribution in [2.45, 2.75) is 34.6 Å². The van der Waals surface area contributed by atoms with Gasteiger partial charge in [0.05, 0.1) is 11.4 Å². The van der Waals surface area contributed by atoms with E-state index in [0.29, 0.717) is 0 Å². The molecule has 0 bridgehead atoms. The largest absolute Gasteiger partial charge is 0.361 e. The molecule has 0 spiro atoms. The molecule has 0 saturated heterocycles. The van der Waals surface area contributed by atoms with E-state index in [-0.39, 0.29) is 0 Å². The fourth-order valence-corrected chi connectivity index (χ4v) is 1.74. The Kier molecular flexibility index (Phi) is 11.1. The Morgan fingerprint density at radius 2 is 1.36 bits per heavy atom. The summed E-state index contributed by atoms with van der Waals surface area (Å²) in [6.07, 6.45) is 12.2. The zero-order valence-electron chi connectivity index (χ0n) is 17.1. The van der Waals surface area contributed by atoms with Crippen LogP contribution in [0.25, 0.3) is 0 Å². The zero-order valence-corrected chi connectivity index (χ0v) is 17.1. The summed E-state index contributed by atoms with van der Waals surface area (Å²) in [5.41, 5.74) is 4.37. The molecule has 0 saturated carbocycles. The molecule has 28 heavy (non-hydrogen) atoms. The molecule has 0 atom stereocenters. The molecule has 6 heteroatoms. The number of rotatable bonds is 0. The van der Waals surface area contributed by atoms with Crippen LogP contribution in [0.3, 0.4) is 0 Å². The summed E-state index contributed by atoms with van der Waals surface area (Å²) >= 11 is 0. The first-order valence-electron chi connectivity index (χ1n) is 8.83. The van der Waals surface area contributed by atoms with E-state index in [1.54, 1.807) is 37.2 Å². The normalized spacial score (nSPS) is 8.89. The van der Waals surface area contributed by atoms with Gasteiger partial charge in [-0.3, -0.25) is 19.9 Å². The summed E-state index contributed by atoms with van der Waals surface area (Å²) in [6.45, 7) is 9.75. The highest BCUT2D eigenvalue weighted by molar-refractivity contribution is 5.06. The molecule has 0 unspecified atom stereocenters. The Labute approximate surface area is 166 Å². The molecule has 146 valence electrons. The molecule has 4 heterocycles. The van der Waals surface area contributed by atoms with Crippen LogP contribution in [0.2, 0.25) is 0 Å². The molecule has 0 aromatic carbocycles. The Bertz CT molecular complexity index is 759. The van der Waals surface area contributed by atoms with Crippen molar-refractivity contribution in [2.75, 3.05) is 0 Å². The summed E-state index contributed by atoms with van der Waals surface area (Å²) in [5, 5.41) is 3.64. The summed E-state index contributed by atoms with van der Waals surface area (Å²) < 4.78 is 4.71. The Morgan fingerprint density at radius 3 is 1.61 bits per heavy atom. The van der Waals surface area contributed by atoms with Crippen molar-refractivity contribution in [3.63, 3.8) is 0 Å². The lowest BCUT2D eigenvalue weighted by Gasteiger charge is -1.82. The molecule has 4 aromatic heterocycles. The van der Waals surface area contributed by atoms with Crippen LogP contribution in [0.4, 0.5) is 0 Å². The van der Waals surface area contributed by atoms with Crippen molar-refractivity contribution in [3.8, 4) is 0 Å². The molecule has 0 radical (unpaired) electrons. The Balaban J connectivity index is 0.000000187. The molecule has 0 aliphatic carbocycles. The Morgan fingerprint density at radius 1 is 0.643 bits per heavy atom. The molecular weight excluding hydrogens is 350 g/mol. The van der Waals surface area contributed by atoms with Gasteiger partial charge in [-0.25, -0.2) is 0 Å². The average Bonchev–Trinajstić information content (AvgIpc) is 3.08. The van der Waals surface area contributed by atoms with Gasteiger partial charge in [-0.2, -0.15) is 0 Å². The van der Waals surface area contributed by atoms with Gasteiger partial charge < -0.3 is 4.52 Å². The zero-order chi connectivity index (χ0) is 20.6. The molecule has 0 N–H and O–H groups in total. The van der Waals surface area contributed by atoms with Gasteiger partial charge in [-0.1, -0.05) is 11.2 Å². The first kappa shape index (κ1) is 22.6. The summed E-state index contributed by atoms with van der Waals surface area (Å²) in [4.78, 5) is 15.5. The summed E-state index contributed by atoms with van der Waals surface area (Å²) in [5.74, 6) is 0.873. The van der Waals surface area contributed by atoms with Crippen LogP contribution >= 0.6 is 0 Å². The number of nitrogens with zero attached hydrogens (tertiary/aromatic N) is 5. The predicted octanol–water partition coefficient (Wildman–Crippen LogP) is 4.86. The number of aryl methyl sites for hydroxylation is 5. The molecule has 6 nitrogen and oxygen atoms in total.